The summed E-state index contributed by atoms with van der Waals surface area (Å²) in [5.41, 5.74) is 5.75. The Morgan fingerprint density at radius 2 is 1.88 bits per heavy atom. The number of carbonyl (C=O) groups is 2. The van der Waals surface area contributed by atoms with Crippen LogP contribution < -0.4 is 11.1 Å². The number of carbonyl (C=O) groups excluding carboxylic acids is 2. The van der Waals surface area contributed by atoms with Gasteiger partial charge in [-0.15, -0.1) is 0 Å². The standard InChI is InChI=1S/C16H14ClN3O5/c17-12-4-1-10(2-5-12)8-19-15(21)9-25-16(22)11-3-6-13(18)14(7-11)20(23)24/h1-7H,8-9,18H2,(H,19,21). The van der Waals surface area contributed by atoms with Gasteiger partial charge in [0.2, 0.25) is 0 Å². The van der Waals surface area contributed by atoms with Gasteiger partial charge in [-0.1, -0.05) is 23.7 Å². The van der Waals surface area contributed by atoms with Gasteiger partial charge in [0, 0.05) is 17.6 Å². The Kier molecular flexibility index (Phi) is 5.91. The molecule has 25 heavy (non-hydrogen) atoms. The molecule has 0 heterocycles. The van der Waals surface area contributed by atoms with Crippen LogP contribution in [0.25, 0.3) is 0 Å². The van der Waals surface area contributed by atoms with Crippen LogP contribution in [0, 0.1) is 10.1 Å². The van der Waals surface area contributed by atoms with Gasteiger partial charge in [0.15, 0.2) is 6.61 Å². The van der Waals surface area contributed by atoms with E-state index < -0.39 is 29.1 Å². The highest BCUT2D eigenvalue weighted by molar-refractivity contribution is 6.30. The van der Waals surface area contributed by atoms with Crippen LogP contribution in [-0.4, -0.2) is 23.4 Å². The molecule has 0 bridgehead atoms. The topological polar surface area (TPSA) is 125 Å². The second-order valence-corrected chi connectivity index (χ2v) is 5.45. The minimum absolute atomic E-state index is 0.0635. The lowest BCUT2D eigenvalue weighted by Crippen LogP contribution is -2.28. The highest BCUT2D eigenvalue weighted by Crippen LogP contribution is 2.22. The zero-order valence-corrected chi connectivity index (χ0v) is 13.7. The molecule has 0 spiro atoms. The number of nitrogen functional groups attached to an aromatic ring is 1. The first-order valence-electron chi connectivity index (χ1n) is 7.09. The maximum Gasteiger partial charge on any atom is 0.338 e. The average molecular weight is 364 g/mol. The predicted octanol–water partition coefficient (Wildman–Crippen LogP) is 2.30. The molecule has 0 unspecified atom stereocenters. The maximum atomic E-state index is 11.9. The third-order valence-electron chi connectivity index (χ3n) is 3.20. The Balaban J connectivity index is 1.87. The third kappa shape index (κ3) is 5.18. The van der Waals surface area contributed by atoms with Gasteiger partial charge in [-0.2, -0.15) is 0 Å². The van der Waals surface area contributed by atoms with Crippen molar-refractivity contribution in [1.82, 2.24) is 5.32 Å². The van der Waals surface area contributed by atoms with Crippen LogP contribution in [0.5, 0.6) is 0 Å². The van der Waals surface area contributed by atoms with E-state index in [-0.39, 0.29) is 17.8 Å². The van der Waals surface area contributed by atoms with E-state index in [1.54, 1.807) is 24.3 Å². The molecule has 0 aliphatic carbocycles. The molecule has 1 amide bonds. The second-order valence-electron chi connectivity index (χ2n) is 5.01. The van der Waals surface area contributed by atoms with E-state index in [0.29, 0.717) is 5.02 Å². The molecule has 8 nitrogen and oxygen atoms in total. The maximum absolute atomic E-state index is 11.9. The van der Waals surface area contributed by atoms with Crippen LogP contribution in [0.15, 0.2) is 42.5 Å². The molecule has 9 heteroatoms. The number of rotatable bonds is 6. The van der Waals surface area contributed by atoms with Crippen molar-refractivity contribution in [2.45, 2.75) is 6.54 Å². The minimum atomic E-state index is -0.857. The first-order valence-corrected chi connectivity index (χ1v) is 7.47. The van der Waals surface area contributed by atoms with Crippen molar-refractivity contribution in [2.24, 2.45) is 0 Å². The number of nitrogens with one attached hydrogen (secondary N) is 1. The monoisotopic (exact) mass is 363 g/mol. The van der Waals surface area contributed by atoms with Crippen LogP contribution in [0.1, 0.15) is 15.9 Å². The van der Waals surface area contributed by atoms with Crippen LogP contribution in [0.2, 0.25) is 5.02 Å². The number of hydrogen-bond donors (Lipinski definition) is 2. The third-order valence-corrected chi connectivity index (χ3v) is 3.45. The van der Waals surface area contributed by atoms with Gasteiger partial charge < -0.3 is 15.8 Å². The number of nitrogens with two attached hydrogens (primary N) is 1. The minimum Gasteiger partial charge on any atom is -0.452 e. The molecule has 0 aliphatic heterocycles. The van der Waals surface area contributed by atoms with Crippen molar-refractivity contribution >= 4 is 34.9 Å². The summed E-state index contributed by atoms with van der Waals surface area (Å²) < 4.78 is 4.84. The van der Waals surface area contributed by atoms with Crippen molar-refractivity contribution in [3.63, 3.8) is 0 Å². The summed E-state index contributed by atoms with van der Waals surface area (Å²) in [6.45, 7) is -0.258. The van der Waals surface area contributed by atoms with Crippen molar-refractivity contribution in [2.75, 3.05) is 12.3 Å². The Morgan fingerprint density at radius 3 is 2.52 bits per heavy atom. The molecule has 2 aromatic rings. The molecular formula is C16H14ClN3O5. The molecule has 2 aromatic carbocycles. The summed E-state index contributed by atoms with van der Waals surface area (Å²) in [6, 6.07) is 10.4. The average Bonchev–Trinajstić information content (AvgIpc) is 2.59. The van der Waals surface area contributed by atoms with Gasteiger partial charge in [0.1, 0.15) is 5.69 Å². The van der Waals surface area contributed by atoms with E-state index in [9.17, 15) is 19.7 Å². The van der Waals surface area contributed by atoms with Crippen LogP contribution >= 0.6 is 11.6 Å². The lowest BCUT2D eigenvalue weighted by Gasteiger charge is -2.07. The number of ether oxygens (including phenoxy) is 1. The van der Waals surface area contributed by atoms with Gasteiger partial charge in [-0.3, -0.25) is 14.9 Å². The summed E-state index contributed by atoms with van der Waals surface area (Å²) in [6.07, 6.45) is 0. The summed E-state index contributed by atoms with van der Waals surface area (Å²) in [5.74, 6) is -1.36. The summed E-state index contributed by atoms with van der Waals surface area (Å²) in [4.78, 5) is 33.7. The van der Waals surface area contributed by atoms with E-state index in [0.717, 1.165) is 11.6 Å². The van der Waals surface area contributed by atoms with Crippen LogP contribution in [0.4, 0.5) is 11.4 Å². The first-order chi connectivity index (χ1) is 11.9. The molecule has 130 valence electrons. The fourth-order valence-corrected chi connectivity index (χ4v) is 2.02. The van der Waals surface area contributed by atoms with Crippen LogP contribution in [0.3, 0.4) is 0 Å². The van der Waals surface area contributed by atoms with Gasteiger partial charge in [0.25, 0.3) is 11.6 Å². The fraction of sp³-hybridized carbons (Fsp3) is 0.125. The number of anilines is 1. The highest BCUT2D eigenvalue weighted by atomic mass is 35.5. The summed E-state index contributed by atoms with van der Waals surface area (Å²) in [5, 5.41) is 14.0. The van der Waals surface area contributed by atoms with Crippen molar-refractivity contribution < 1.29 is 19.2 Å². The van der Waals surface area contributed by atoms with Crippen molar-refractivity contribution in [3.8, 4) is 0 Å². The fourth-order valence-electron chi connectivity index (χ4n) is 1.90. The molecule has 0 atom stereocenters. The van der Waals surface area contributed by atoms with Gasteiger partial charge in [-0.25, -0.2) is 4.79 Å². The summed E-state index contributed by atoms with van der Waals surface area (Å²) >= 11 is 5.76. The van der Waals surface area contributed by atoms with E-state index in [2.05, 4.69) is 5.32 Å². The quantitative estimate of drug-likeness (QED) is 0.351. The van der Waals surface area contributed by atoms with Crippen molar-refractivity contribution in [1.29, 1.82) is 0 Å². The largest absolute Gasteiger partial charge is 0.452 e. The number of nitrogens with zero attached hydrogens (tertiary/aromatic N) is 1. The number of benzene rings is 2. The lowest BCUT2D eigenvalue weighted by molar-refractivity contribution is -0.383. The Labute approximate surface area is 147 Å². The van der Waals surface area contributed by atoms with Gasteiger partial charge in [-0.05, 0) is 29.8 Å². The van der Waals surface area contributed by atoms with E-state index in [4.69, 9.17) is 22.1 Å². The predicted molar refractivity (Wildman–Crippen MR) is 91.1 cm³/mol. The molecule has 0 fully saturated rings. The van der Waals surface area contributed by atoms with E-state index in [1.807, 2.05) is 0 Å². The number of halogens is 1. The molecular weight excluding hydrogens is 350 g/mol. The SMILES string of the molecule is Nc1ccc(C(=O)OCC(=O)NCc2ccc(Cl)cc2)cc1[N+](=O)[O-]. The summed E-state index contributed by atoms with van der Waals surface area (Å²) in [7, 11) is 0. The molecule has 0 aromatic heterocycles. The van der Waals surface area contributed by atoms with Gasteiger partial charge in [0.05, 0.1) is 10.5 Å². The Bertz CT molecular complexity index is 808. The number of hydrogen-bond acceptors (Lipinski definition) is 6. The molecule has 0 aliphatic rings. The lowest BCUT2D eigenvalue weighted by atomic mass is 10.2. The van der Waals surface area contributed by atoms with Crippen molar-refractivity contribution in [3.05, 3.63) is 68.7 Å². The zero-order valence-electron chi connectivity index (χ0n) is 12.9. The number of nitro groups is 1. The Morgan fingerprint density at radius 1 is 1.20 bits per heavy atom. The van der Waals surface area contributed by atoms with E-state index in [1.165, 1.54) is 12.1 Å². The smallest absolute Gasteiger partial charge is 0.338 e. The van der Waals surface area contributed by atoms with Crippen LogP contribution in [-0.2, 0) is 16.1 Å². The Hall–Kier alpha value is -3.13. The molecule has 2 rings (SSSR count). The van der Waals surface area contributed by atoms with Gasteiger partial charge >= 0.3 is 5.97 Å². The normalized spacial score (nSPS) is 10.1. The molecule has 0 saturated heterocycles. The highest BCUT2D eigenvalue weighted by Gasteiger charge is 2.17. The molecule has 3 N–H and O–H groups in total. The molecule has 0 radical (unpaired) electrons. The number of nitro benzene ring substituents is 1. The second kappa shape index (κ2) is 8.11. The number of amides is 1. The number of esters is 1. The first kappa shape index (κ1) is 18.2. The zero-order chi connectivity index (χ0) is 18.4. The van der Waals surface area contributed by atoms with E-state index >= 15 is 0 Å². The molecule has 0 saturated carbocycles.